The molecule has 1 aromatic heterocycles. The summed E-state index contributed by atoms with van der Waals surface area (Å²) in [6.45, 7) is 7.06. The number of amides is 2. The number of nitrogens with zero attached hydrogens (tertiary/aromatic N) is 4. The number of halogens is 1. The molecule has 35 heavy (non-hydrogen) atoms. The lowest BCUT2D eigenvalue weighted by atomic mass is 9.98. The summed E-state index contributed by atoms with van der Waals surface area (Å²) in [6.07, 6.45) is 0. The van der Waals surface area contributed by atoms with Crippen LogP contribution in [0.4, 0.5) is 5.69 Å². The summed E-state index contributed by atoms with van der Waals surface area (Å²) >= 11 is 6.10. The van der Waals surface area contributed by atoms with E-state index >= 15 is 0 Å². The van der Waals surface area contributed by atoms with Crippen LogP contribution in [0.15, 0.2) is 48.5 Å². The van der Waals surface area contributed by atoms with Gasteiger partial charge in [-0.1, -0.05) is 41.9 Å². The van der Waals surface area contributed by atoms with E-state index in [0.29, 0.717) is 48.2 Å². The third-order valence-corrected chi connectivity index (χ3v) is 5.85. The maximum Gasteiger partial charge on any atom is 0.330 e. The number of anilines is 1. The molecule has 0 atom stereocenters. The van der Waals surface area contributed by atoms with E-state index in [4.69, 9.17) is 16.4 Å². The van der Waals surface area contributed by atoms with E-state index in [-0.39, 0.29) is 22.7 Å². The molecule has 9 nitrogen and oxygen atoms in total. The second-order valence-corrected chi connectivity index (χ2v) is 9.63. The van der Waals surface area contributed by atoms with E-state index in [0.717, 1.165) is 0 Å². The lowest BCUT2D eigenvalue weighted by Gasteiger charge is -2.34. The lowest BCUT2D eigenvalue weighted by Crippen LogP contribution is -2.49. The Morgan fingerprint density at radius 2 is 1.63 bits per heavy atom. The third-order valence-electron chi connectivity index (χ3n) is 5.57. The summed E-state index contributed by atoms with van der Waals surface area (Å²) in [4.78, 5) is 45.2. The van der Waals surface area contributed by atoms with E-state index in [1.54, 1.807) is 79.3 Å². The van der Waals surface area contributed by atoms with Gasteiger partial charge >= 0.3 is 5.97 Å². The van der Waals surface area contributed by atoms with Crippen LogP contribution in [0.25, 0.3) is 10.8 Å². The molecule has 2 amide bonds. The van der Waals surface area contributed by atoms with Crippen molar-refractivity contribution in [3.8, 4) is 0 Å². The average Bonchev–Trinajstić information content (AvgIpc) is 2.84. The predicted octanol–water partition coefficient (Wildman–Crippen LogP) is 3.80. The monoisotopic (exact) mass is 495 g/mol. The van der Waals surface area contributed by atoms with Crippen LogP contribution >= 0.6 is 11.6 Å². The Morgan fingerprint density at radius 3 is 2.31 bits per heavy atom. The Kier molecular flexibility index (Phi) is 7.00. The Bertz CT molecular complexity index is 1280. The number of hydrogen-bond acceptors (Lipinski definition) is 7. The van der Waals surface area contributed by atoms with Crippen molar-refractivity contribution in [1.29, 1.82) is 0 Å². The molecule has 1 saturated heterocycles. The predicted molar refractivity (Wildman–Crippen MR) is 132 cm³/mol. The second-order valence-electron chi connectivity index (χ2n) is 9.27. The third kappa shape index (κ3) is 5.58. The normalized spacial score (nSPS) is 14.6. The maximum atomic E-state index is 13.1. The number of carbonyl (C=O) groups is 3. The highest BCUT2D eigenvalue weighted by Crippen LogP contribution is 2.24. The summed E-state index contributed by atoms with van der Waals surface area (Å²) < 4.78 is 0. The topological polar surface area (TPSA) is 105 Å². The van der Waals surface area contributed by atoms with Crippen LogP contribution in [0.2, 0.25) is 5.15 Å². The summed E-state index contributed by atoms with van der Waals surface area (Å²) in [6, 6.07) is 13.8. The average molecular weight is 496 g/mol. The van der Waals surface area contributed by atoms with Gasteiger partial charge in [0.25, 0.3) is 11.8 Å². The molecule has 0 radical (unpaired) electrons. The van der Waals surface area contributed by atoms with Gasteiger partial charge in [0, 0.05) is 35.1 Å². The molecule has 0 bridgehead atoms. The van der Waals surface area contributed by atoms with E-state index in [2.05, 4.69) is 15.5 Å². The van der Waals surface area contributed by atoms with Crippen LogP contribution in [0, 0.1) is 5.41 Å². The van der Waals surface area contributed by atoms with Crippen molar-refractivity contribution in [2.45, 2.75) is 20.8 Å². The molecule has 1 aliphatic heterocycles. The molecular formula is C25H26ClN5O4. The van der Waals surface area contributed by atoms with Gasteiger partial charge in [0.2, 0.25) is 0 Å². The maximum absolute atomic E-state index is 13.1. The van der Waals surface area contributed by atoms with Gasteiger partial charge in [0.1, 0.15) is 0 Å². The highest BCUT2D eigenvalue weighted by Gasteiger charge is 2.29. The molecule has 1 N–H and O–H groups in total. The highest BCUT2D eigenvalue weighted by atomic mass is 35.5. The van der Waals surface area contributed by atoms with Crippen LogP contribution in [0.5, 0.6) is 0 Å². The van der Waals surface area contributed by atoms with E-state index in [1.165, 1.54) is 0 Å². The molecule has 10 heteroatoms. The van der Waals surface area contributed by atoms with E-state index in [9.17, 15) is 14.4 Å². The zero-order valence-corrected chi connectivity index (χ0v) is 20.5. The van der Waals surface area contributed by atoms with Crippen molar-refractivity contribution in [1.82, 2.24) is 20.2 Å². The van der Waals surface area contributed by atoms with E-state index < -0.39 is 11.3 Å². The van der Waals surface area contributed by atoms with Gasteiger partial charge in [0.15, 0.2) is 10.8 Å². The molecule has 4 rings (SSSR count). The van der Waals surface area contributed by atoms with Crippen LogP contribution in [-0.2, 0) is 9.63 Å². The van der Waals surface area contributed by atoms with Crippen molar-refractivity contribution >= 4 is 45.8 Å². The molecule has 0 aliphatic carbocycles. The minimum absolute atomic E-state index is 0.141. The molecule has 2 aromatic carbocycles. The van der Waals surface area contributed by atoms with Gasteiger partial charge in [0.05, 0.1) is 18.5 Å². The number of benzene rings is 2. The SMILES string of the molecule is CC(C)(C)C(=O)ON1CCN(C(=O)c2cccc(NC(=O)c3nnc(Cl)c4ccccc34)c2)CC1. The number of rotatable bonds is 4. The second kappa shape index (κ2) is 9.97. The van der Waals surface area contributed by atoms with Gasteiger partial charge < -0.3 is 15.1 Å². The smallest absolute Gasteiger partial charge is 0.330 e. The summed E-state index contributed by atoms with van der Waals surface area (Å²) in [5.41, 5.74) is 0.443. The molecule has 0 unspecified atom stereocenters. The first-order chi connectivity index (χ1) is 16.6. The molecule has 182 valence electrons. The number of hydroxylamine groups is 2. The first-order valence-corrected chi connectivity index (χ1v) is 11.6. The van der Waals surface area contributed by atoms with Gasteiger partial charge in [-0.2, -0.15) is 0 Å². The number of hydrogen-bond donors (Lipinski definition) is 1. The van der Waals surface area contributed by atoms with Gasteiger partial charge in [-0.15, -0.1) is 15.3 Å². The van der Waals surface area contributed by atoms with Crippen LogP contribution in [-0.4, -0.2) is 64.1 Å². The van der Waals surface area contributed by atoms with Crippen LogP contribution in [0.3, 0.4) is 0 Å². The van der Waals surface area contributed by atoms with Crippen molar-refractivity contribution in [3.63, 3.8) is 0 Å². The largest absolute Gasteiger partial charge is 0.367 e. The highest BCUT2D eigenvalue weighted by molar-refractivity contribution is 6.34. The van der Waals surface area contributed by atoms with E-state index in [1.807, 2.05) is 0 Å². The number of nitrogens with one attached hydrogen (secondary N) is 1. The van der Waals surface area contributed by atoms with Gasteiger partial charge in [-0.25, -0.2) is 4.79 Å². The minimum Gasteiger partial charge on any atom is -0.367 e. The summed E-state index contributed by atoms with van der Waals surface area (Å²) in [7, 11) is 0. The van der Waals surface area contributed by atoms with Crippen LogP contribution in [0.1, 0.15) is 41.6 Å². The van der Waals surface area contributed by atoms with Crippen molar-refractivity contribution in [3.05, 3.63) is 64.9 Å². The summed E-state index contributed by atoms with van der Waals surface area (Å²) in [5, 5.41) is 13.7. The molecule has 3 aromatic rings. The first kappa shape index (κ1) is 24.6. The van der Waals surface area contributed by atoms with Crippen LogP contribution < -0.4 is 5.32 Å². The first-order valence-electron chi connectivity index (χ1n) is 11.2. The van der Waals surface area contributed by atoms with Gasteiger partial charge in [-0.3, -0.25) is 9.59 Å². The van der Waals surface area contributed by atoms with Crippen molar-refractivity contribution in [2.24, 2.45) is 5.41 Å². The number of fused-ring (bicyclic) bond motifs is 1. The molecule has 1 aliphatic rings. The molecule has 2 heterocycles. The fraction of sp³-hybridized carbons (Fsp3) is 0.320. The standard InChI is InChI=1S/C25H26ClN5O4/c1-25(2,3)24(34)35-31-13-11-30(12-14-31)23(33)16-7-6-8-17(15-16)27-22(32)20-18-9-4-5-10-19(18)21(26)29-28-20/h4-10,15H,11-14H2,1-3H3,(H,27,32). The number of carbonyl (C=O) groups excluding carboxylic acids is 3. The fourth-order valence-corrected chi connectivity index (χ4v) is 3.78. The summed E-state index contributed by atoms with van der Waals surface area (Å²) in [5.74, 6) is -0.928. The molecule has 0 spiro atoms. The fourth-order valence-electron chi connectivity index (χ4n) is 3.58. The molecular weight excluding hydrogens is 470 g/mol. The van der Waals surface area contributed by atoms with Crippen molar-refractivity contribution in [2.75, 3.05) is 31.5 Å². The molecule has 1 fully saturated rings. The zero-order valence-electron chi connectivity index (χ0n) is 19.7. The Hall–Kier alpha value is -3.56. The quantitative estimate of drug-likeness (QED) is 0.587. The Labute approximate surface area is 208 Å². The number of aromatic nitrogens is 2. The lowest BCUT2D eigenvalue weighted by molar-refractivity contribution is -0.205. The van der Waals surface area contributed by atoms with Crippen molar-refractivity contribution < 1.29 is 19.2 Å². The molecule has 0 saturated carbocycles. The Balaban J connectivity index is 1.42. The van der Waals surface area contributed by atoms with Gasteiger partial charge in [-0.05, 0) is 39.0 Å². The minimum atomic E-state index is -0.596. The number of piperazine rings is 1. The zero-order chi connectivity index (χ0) is 25.2. The Morgan fingerprint density at radius 1 is 0.943 bits per heavy atom.